The third-order valence-electron chi connectivity index (χ3n) is 2.22. The van der Waals surface area contributed by atoms with Crippen LogP contribution in [0.15, 0.2) is 54.1 Å². The second-order valence-corrected chi connectivity index (χ2v) is 3.52. The fourth-order valence-corrected chi connectivity index (χ4v) is 1.33. The Kier molecular flexibility index (Phi) is 5.16. The van der Waals surface area contributed by atoms with Gasteiger partial charge in [-0.25, -0.2) is 0 Å². The molecular formula is C14H16O. The minimum Gasteiger partial charge on any atom is -0.299 e. The van der Waals surface area contributed by atoms with Crippen LogP contribution in [0.4, 0.5) is 0 Å². The van der Waals surface area contributed by atoms with Crippen LogP contribution in [0, 0.1) is 0 Å². The largest absolute Gasteiger partial charge is 0.299 e. The second-order valence-electron chi connectivity index (χ2n) is 3.52. The van der Waals surface area contributed by atoms with Crippen LogP contribution >= 0.6 is 0 Å². The van der Waals surface area contributed by atoms with Gasteiger partial charge < -0.3 is 0 Å². The Labute approximate surface area is 91.1 Å². The van der Waals surface area contributed by atoms with Crippen molar-refractivity contribution in [3.05, 3.63) is 59.7 Å². The molecule has 0 heterocycles. The van der Waals surface area contributed by atoms with Gasteiger partial charge in [0.1, 0.15) is 6.29 Å². The van der Waals surface area contributed by atoms with Gasteiger partial charge in [0.25, 0.3) is 0 Å². The molecule has 0 bridgehead atoms. The van der Waals surface area contributed by atoms with Crippen LogP contribution in [0.2, 0.25) is 0 Å². The van der Waals surface area contributed by atoms with Crippen molar-refractivity contribution in [3.8, 4) is 0 Å². The lowest BCUT2D eigenvalue weighted by Crippen LogP contribution is -1.85. The average Bonchev–Trinajstić information content (AvgIpc) is 2.28. The number of carbonyl (C=O) groups excluding carboxylic acids is 1. The summed E-state index contributed by atoms with van der Waals surface area (Å²) in [5.74, 6) is 0. The van der Waals surface area contributed by atoms with Crippen molar-refractivity contribution in [1.29, 1.82) is 0 Å². The van der Waals surface area contributed by atoms with E-state index in [-0.39, 0.29) is 0 Å². The summed E-state index contributed by atoms with van der Waals surface area (Å²) in [4.78, 5) is 10.0. The fourth-order valence-electron chi connectivity index (χ4n) is 1.33. The molecule has 0 fully saturated rings. The van der Waals surface area contributed by atoms with E-state index in [0.717, 1.165) is 19.1 Å². The molecule has 0 aromatic heterocycles. The van der Waals surface area contributed by atoms with Crippen LogP contribution in [0.5, 0.6) is 0 Å². The molecule has 0 atom stereocenters. The highest BCUT2D eigenvalue weighted by Gasteiger charge is 1.92. The van der Waals surface area contributed by atoms with Gasteiger partial charge in [0.2, 0.25) is 0 Å². The van der Waals surface area contributed by atoms with Gasteiger partial charge in [0.15, 0.2) is 0 Å². The van der Waals surface area contributed by atoms with Crippen LogP contribution in [0.3, 0.4) is 0 Å². The number of aryl methyl sites for hydroxylation is 1. The highest BCUT2D eigenvalue weighted by Crippen LogP contribution is 2.08. The molecule has 1 rings (SSSR count). The summed E-state index contributed by atoms with van der Waals surface area (Å²) in [5.41, 5.74) is 2.64. The minimum atomic E-state index is 0.793. The van der Waals surface area contributed by atoms with Gasteiger partial charge in [0.05, 0.1) is 0 Å². The van der Waals surface area contributed by atoms with Gasteiger partial charge in [-0.2, -0.15) is 0 Å². The van der Waals surface area contributed by atoms with E-state index in [1.54, 1.807) is 6.08 Å². The van der Waals surface area contributed by atoms with Crippen LogP contribution in [-0.2, 0) is 11.2 Å². The summed E-state index contributed by atoms with van der Waals surface area (Å²) in [6.45, 7) is 2.08. The SMILES string of the molecule is CC(=CC=CC=O)CCc1ccccc1. The van der Waals surface area contributed by atoms with Gasteiger partial charge in [-0.1, -0.05) is 48.1 Å². The molecule has 0 aliphatic carbocycles. The van der Waals surface area contributed by atoms with Crippen molar-refractivity contribution in [2.24, 2.45) is 0 Å². The zero-order chi connectivity index (χ0) is 10.9. The highest BCUT2D eigenvalue weighted by atomic mass is 16.1. The summed E-state index contributed by atoms with van der Waals surface area (Å²) >= 11 is 0. The molecule has 1 aromatic rings. The van der Waals surface area contributed by atoms with E-state index < -0.39 is 0 Å². The van der Waals surface area contributed by atoms with Crippen LogP contribution in [-0.4, -0.2) is 6.29 Å². The predicted octanol–water partition coefficient (Wildman–Crippen LogP) is 3.32. The lowest BCUT2D eigenvalue weighted by atomic mass is 10.1. The van der Waals surface area contributed by atoms with E-state index in [4.69, 9.17) is 0 Å². The van der Waals surface area contributed by atoms with Crippen molar-refractivity contribution in [1.82, 2.24) is 0 Å². The molecule has 0 radical (unpaired) electrons. The molecule has 15 heavy (non-hydrogen) atoms. The van der Waals surface area contributed by atoms with Gasteiger partial charge in [-0.3, -0.25) is 4.79 Å². The van der Waals surface area contributed by atoms with Crippen LogP contribution < -0.4 is 0 Å². The molecule has 0 amide bonds. The number of allylic oxidation sites excluding steroid dienone is 4. The van der Waals surface area contributed by atoms with Crippen molar-refractivity contribution < 1.29 is 4.79 Å². The number of rotatable bonds is 5. The molecule has 1 heteroatoms. The van der Waals surface area contributed by atoms with Gasteiger partial charge in [-0.05, 0) is 31.4 Å². The summed E-state index contributed by atoms with van der Waals surface area (Å²) in [7, 11) is 0. The van der Waals surface area contributed by atoms with E-state index in [1.807, 2.05) is 12.1 Å². The summed E-state index contributed by atoms with van der Waals surface area (Å²) in [6, 6.07) is 10.4. The normalized spacial score (nSPS) is 11.9. The van der Waals surface area contributed by atoms with E-state index in [0.29, 0.717) is 0 Å². The van der Waals surface area contributed by atoms with E-state index in [1.165, 1.54) is 17.2 Å². The first-order chi connectivity index (χ1) is 7.33. The first-order valence-electron chi connectivity index (χ1n) is 5.14. The molecule has 0 aliphatic rings. The molecule has 0 N–H and O–H groups in total. The first kappa shape index (κ1) is 11.4. The zero-order valence-corrected chi connectivity index (χ0v) is 9.02. The molecule has 0 saturated heterocycles. The third kappa shape index (κ3) is 4.96. The van der Waals surface area contributed by atoms with Crippen molar-refractivity contribution >= 4 is 6.29 Å². The van der Waals surface area contributed by atoms with Crippen molar-refractivity contribution in [3.63, 3.8) is 0 Å². The van der Waals surface area contributed by atoms with E-state index in [9.17, 15) is 4.79 Å². The fraction of sp³-hybridized carbons (Fsp3) is 0.214. The number of hydrogen-bond donors (Lipinski definition) is 0. The minimum absolute atomic E-state index is 0.793. The number of hydrogen-bond acceptors (Lipinski definition) is 1. The highest BCUT2D eigenvalue weighted by molar-refractivity contribution is 5.65. The van der Waals surface area contributed by atoms with Crippen LogP contribution in [0.1, 0.15) is 18.9 Å². The molecule has 1 aromatic carbocycles. The second kappa shape index (κ2) is 6.77. The molecule has 1 nitrogen and oxygen atoms in total. The third-order valence-corrected chi connectivity index (χ3v) is 2.22. The molecule has 78 valence electrons. The average molecular weight is 200 g/mol. The Morgan fingerprint density at radius 1 is 1.20 bits per heavy atom. The molecule has 0 aliphatic heterocycles. The van der Waals surface area contributed by atoms with Crippen molar-refractivity contribution in [2.75, 3.05) is 0 Å². The number of aldehydes is 1. The molecular weight excluding hydrogens is 184 g/mol. The molecule has 0 saturated carbocycles. The van der Waals surface area contributed by atoms with Gasteiger partial charge in [0, 0.05) is 0 Å². The zero-order valence-electron chi connectivity index (χ0n) is 9.02. The van der Waals surface area contributed by atoms with Crippen LogP contribution in [0.25, 0.3) is 0 Å². The smallest absolute Gasteiger partial charge is 0.142 e. The predicted molar refractivity (Wildman–Crippen MR) is 63.7 cm³/mol. The summed E-state index contributed by atoms with van der Waals surface area (Å²) < 4.78 is 0. The first-order valence-corrected chi connectivity index (χ1v) is 5.14. The maximum Gasteiger partial charge on any atom is 0.142 e. The monoisotopic (exact) mass is 200 g/mol. The number of benzene rings is 1. The Morgan fingerprint density at radius 3 is 2.60 bits per heavy atom. The quantitative estimate of drug-likeness (QED) is 0.405. The Morgan fingerprint density at radius 2 is 1.93 bits per heavy atom. The van der Waals surface area contributed by atoms with E-state index in [2.05, 4.69) is 31.2 Å². The van der Waals surface area contributed by atoms with Gasteiger partial charge in [-0.15, -0.1) is 0 Å². The Hall–Kier alpha value is -1.63. The maximum atomic E-state index is 10.0. The Balaban J connectivity index is 2.40. The van der Waals surface area contributed by atoms with E-state index >= 15 is 0 Å². The summed E-state index contributed by atoms with van der Waals surface area (Å²) in [6.07, 6.45) is 8.16. The van der Waals surface area contributed by atoms with Crippen molar-refractivity contribution in [2.45, 2.75) is 19.8 Å². The topological polar surface area (TPSA) is 17.1 Å². The number of carbonyl (C=O) groups is 1. The van der Waals surface area contributed by atoms with Gasteiger partial charge >= 0.3 is 0 Å². The standard InChI is InChI=1S/C14H16O/c1-13(7-5-6-12-15)10-11-14-8-3-2-4-9-14/h2-9,12H,10-11H2,1H3. The maximum absolute atomic E-state index is 10.0. The lowest BCUT2D eigenvalue weighted by Gasteiger charge is -2.00. The lowest BCUT2D eigenvalue weighted by molar-refractivity contribution is -0.104. The Bertz CT molecular complexity index is 347. The summed E-state index contributed by atoms with van der Waals surface area (Å²) in [5, 5.41) is 0. The molecule has 0 spiro atoms. The molecule has 0 unspecified atom stereocenters.